The topological polar surface area (TPSA) is 90.9 Å². The highest BCUT2D eigenvalue weighted by Crippen LogP contribution is 2.29. The van der Waals surface area contributed by atoms with Gasteiger partial charge in [0.25, 0.3) is 5.56 Å². The van der Waals surface area contributed by atoms with Crippen LogP contribution in [0.15, 0.2) is 53.3 Å². The molecule has 4 aromatic rings. The molecule has 36 heavy (non-hydrogen) atoms. The van der Waals surface area contributed by atoms with Crippen molar-refractivity contribution in [2.75, 3.05) is 14.1 Å². The van der Waals surface area contributed by atoms with Gasteiger partial charge in [0.05, 0.1) is 11.5 Å². The van der Waals surface area contributed by atoms with Crippen molar-refractivity contribution in [2.24, 2.45) is 0 Å². The van der Waals surface area contributed by atoms with Crippen LogP contribution >= 0.6 is 12.2 Å². The summed E-state index contributed by atoms with van der Waals surface area (Å²) < 4.78 is 1.81. The van der Waals surface area contributed by atoms with Crippen molar-refractivity contribution in [3.05, 3.63) is 81.5 Å². The van der Waals surface area contributed by atoms with Crippen LogP contribution in [0.5, 0.6) is 0 Å². The predicted molar refractivity (Wildman–Crippen MR) is 145 cm³/mol. The number of hydrogen-bond acceptors (Lipinski definition) is 6. The van der Waals surface area contributed by atoms with Crippen LogP contribution in [-0.2, 0) is 19.4 Å². The predicted octanol–water partition coefficient (Wildman–Crippen LogP) is 3.85. The van der Waals surface area contributed by atoms with E-state index in [1.165, 1.54) is 0 Å². The molecule has 8 nitrogen and oxygen atoms in total. The molecular formula is C27H30N7OS-. The second-order valence-corrected chi connectivity index (χ2v) is 9.47. The highest BCUT2D eigenvalue weighted by Gasteiger charge is 2.17. The highest BCUT2D eigenvalue weighted by molar-refractivity contribution is 7.80. The Morgan fingerprint density at radius 2 is 1.81 bits per heavy atom. The molecule has 4 rings (SSSR count). The average molecular weight is 501 g/mol. The van der Waals surface area contributed by atoms with Gasteiger partial charge >= 0.3 is 0 Å². The second kappa shape index (κ2) is 11.3. The van der Waals surface area contributed by atoms with Gasteiger partial charge in [0.2, 0.25) is 0 Å². The molecule has 0 fully saturated rings. The number of likely N-dealkylation sites (N-methyl/N-ethyl adjacent to an activating group) is 1. The van der Waals surface area contributed by atoms with E-state index in [0.717, 1.165) is 53.0 Å². The number of hydrogen-bond donors (Lipinski definition) is 0. The Balaban J connectivity index is 1.67. The van der Waals surface area contributed by atoms with Crippen LogP contribution in [0.3, 0.4) is 0 Å². The molecule has 0 bridgehead atoms. The lowest BCUT2D eigenvalue weighted by molar-refractivity contribution is 0.610. The summed E-state index contributed by atoms with van der Waals surface area (Å²) in [5.74, 6) is 1.32. The van der Waals surface area contributed by atoms with E-state index in [-0.39, 0.29) is 5.56 Å². The molecule has 9 heteroatoms. The first-order valence-corrected chi connectivity index (χ1v) is 12.5. The van der Waals surface area contributed by atoms with E-state index >= 15 is 0 Å². The van der Waals surface area contributed by atoms with Crippen LogP contribution in [0.2, 0.25) is 0 Å². The van der Waals surface area contributed by atoms with Gasteiger partial charge in [0, 0.05) is 44.0 Å². The Morgan fingerprint density at radius 1 is 1.08 bits per heavy atom. The summed E-state index contributed by atoms with van der Waals surface area (Å²) in [6, 6.07) is 16.1. The Morgan fingerprint density at radius 3 is 2.44 bits per heavy atom. The van der Waals surface area contributed by atoms with Gasteiger partial charge in [0.15, 0.2) is 0 Å². The lowest BCUT2D eigenvalue weighted by Crippen LogP contribution is -2.33. The van der Waals surface area contributed by atoms with Gasteiger partial charge in [-0.3, -0.25) is 19.7 Å². The van der Waals surface area contributed by atoms with Gasteiger partial charge in [-0.1, -0.05) is 74.1 Å². The standard InChI is InChI=1S/C27H30N7OS/c1-5-6-11-24-28-18(2)23(16-25(36)33(3)4)27(35)34(24)17-19-12-14-20(15-13-19)21-9-7-8-10-22(21)26-29-31-32-30-26/h7-10,12-15H,5-6,11,16-17H2,1-4H3/q-1. The molecule has 0 saturated carbocycles. The summed E-state index contributed by atoms with van der Waals surface area (Å²) in [6.07, 6.45) is 3.19. The number of aromatic nitrogens is 6. The molecule has 0 spiro atoms. The lowest BCUT2D eigenvalue weighted by Gasteiger charge is -2.18. The van der Waals surface area contributed by atoms with Crippen molar-refractivity contribution >= 4 is 17.2 Å². The smallest absolute Gasteiger partial charge is 0.257 e. The number of aryl methyl sites for hydroxylation is 2. The van der Waals surface area contributed by atoms with Crippen molar-refractivity contribution < 1.29 is 0 Å². The molecule has 186 valence electrons. The molecule has 0 amide bonds. The first kappa shape index (κ1) is 25.4. The molecule has 0 unspecified atom stereocenters. The molecule has 0 aliphatic carbocycles. The van der Waals surface area contributed by atoms with Crippen molar-refractivity contribution in [3.63, 3.8) is 0 Å². The van der Waals surface area contributed by atoms with E-state index in [0.29, 0.717) is 29.3 Å². The minimum atomic E-state index is -0.0134. The zero-order valence-electron chi connectivity index (χ0n) is 21.1. The third-order valence-electron chi connectivity index (χ3n) is 6.22. The zero-order chi connectivity index (χ0) is 25.7. The summed E-state index contributed by atoms with van der Waals surface area (Å²) in [5, 5.41) is 15.2. The number of thiocarbonyl (C=S) groups is 1. The Hall–Kier alpha value is -3.72. The number of tetrazole rings is 1. The van der Waals surface area contributed by atoms with Gasteiger partial charge in [-0.15, -0.1) is 0 Å². The van der Waals surface area contributed by atoms with Gasteiger partial charge in [-0.25, -0.2) is 4.98 Å². The molecule has 0 aliphatic rings. The van der Waals surface area contributed by atoms with Gasteiger partial charge in [0.1, 0.15) is 5.82 Å². The molecule has 0 saturated heterocycles. The van der Waals surface area contributed by atoms with Crippen LogP contribution in [0, 0.1) is 6.92 Å². The fourth-order valence-electron chi connectivity index (χ4n) is 4.11. The molecule has 2 heterocycles. The molecule has 2 aromatic heterocycles. The van der Waals surface area contributed by atoms with Gasteiger partial charge < -0.3 is 10.00 Å². The van der Waals surface area contributed by atoms with Crippen molar-refractivity contribution in [1.82, 2.24) is 35.1 Å². The van der Waals surface area contributed by atoms with E-state index in [9.17, 15) is 4.79 Å². The van der Waals surface area contributed by atoms with Crippen LogP contribution in [0.4, 0.5) is 0 Å². The Kier molecular flexibility index (Phi) is 8.00. The third kappa shape index (κ3) is 5.57. The minimum absolute atomic E-state index is 0.0134. The summed E-state index contributed by atoms with van der Waals surface area (Å²) in [6.45, 7) is 4.50. The molecule has 0 radical (unpaired) electrons. The maximum Gasteiger partial charge on any atom is 0.257 e. The maximum absolute atomic E-state index is 13.6. The molecule has 0 atom stereocenters. The summed E-state index contributed by atoms with van der Waals surface area (Å²) in [4.78, 5) is 21.0. The highest BCUT2D eigenvalue weighted by atomic mass is 32.1. The summed E-state index contributed by atoms with van der Waals surface area (Å²) in [7, 11) is 3.80. The average Bonchev–Trinajstić information content (AvgIpc) is 3.42. The quantitative estimate of drug-likeness (QED) is 0.320. The SMILES string of the molecule is CCCCc1nc(C)c(CC(=S)N(C)C)c(=O)n1Cc1ccc(-c2ccccc2-c2nnn[n-]2)cc1. The molecule has 2 aromatic carbocycles. The van der Waals surface area contributed by atoms with Crippen molar-refractivity contribution in [3.8, 4) is 22.5 Å². The Bertz CT molecular complexity index is 1390. The van der Waals surface area contributed by atoms with E-state index in [2.05, 4.69) is 51.8 Å². The van der Waals surface area contributed by atoms with Crippen molar-refractivity contribution in [2.45, 2.75) is 46.1 Å². The van der Waals surface area contributed by atoms with Crippen molar-refractivity contribution in [1.29, 1.82) is 0 Å². The molecular weight excluding hydrogens is 470 g/mol. The molecule has 0 N–H and O–H groups in total. The van der Waals surface area contributed by atoms with E-state index in [1.54, 1.807) is 0 Å². The van der Waals surface area contributed by atoms with Crippen LogP contribution in [-0.4, -0.2) is 49.1 Å². The van der Waals surface area contributed by atoms with Crippen LogP contribution in [0.25, 0.3) is 22.5 Å². The van der Waals surface area contributed by atoms with Crippen LogP contribution < -0.4 is 10.7 Å². The first-order valence-electron chi connectivity index (χ1n) is 12.1. The number of rotatable bonds is 9. The summed E-state index contributed by atoms with van der Waals surface area (Å²) >= 11 is 5.49. The van der Waals surface area contributed by atoms with E-state index in [1.807, 2.05) is 54.8 Å². The van der Waals surface area contributed by atoms with E-state index < -0.39 is 0 Å². The zero-order valence-corrected chi connectivity index (χ0v) is 21.9. The molecule has 0 aliphatic heterocycles. The largest absolute Gasteiger partial charge is 0.372 e. The fraction of sp³-hybridized carbons (Fsp3) is 0.333. The summed E-state index contributed by atoms with van der Waals surface area (Å²) in [5.41, 5.74) is 5.33. The van der Waals surface area contributed by atoms with Gasteiger partial charge in [-0.2, -0.15) is 5.21 Å². The minimum Gasteiger partial charge on any atom is -0.372 e. The second-order valence-electron chi connectivity index (χ2n) is 9.00. The van der Waals surface area contributed by atoms with Gasteiger partial charge in [-0.05, 0) is 35.6 Å². The third-order valence-corrected chi connectivity index (χ3v) is 6.73. The van der Waals surface area contributed by atoms with E-state index in [4.69, 9.17) is 17.2 Å². The first-order chi connectivity index (χ1) is 17.4. The van der Waals surface area contributed by atoms with Crippen LogP contribution in [0.1, 0.15) is 42.4 Å². The number of unbranched alkanes of at least 4 members (excludes halogenated alkanes) is 1. The normalized spacial score (nSPS) is 11.0. The number of nitrogens with zero attached hydrogens (tertiary/aromatic N) is 7. The fourth-order valence-corrected chi connectivity index (χ4v) is 4.26. The monoisotopic (exact) mass is 500 g/mol. The lowest BCUT2D eigenvalue weighted by atomic mass is 9.98. The Labute approximate surface area is 216 Å². The number of benzene rings is 2. The maximum atomic E-state index is 13.6.